The summed E-state index contributed by atoms with van der Waals surface area (Å²) in [5.74, 6) is 2.39. The summed E-state index contributed by atoms with van der Waals surface area (Å²) < 4.78 is 17.4. The highest BCUT2D eigenvalue weighted by molar-refractivity contribution is 9.10. The number of rotatable bonds is 4. The first-order valence-electron chi connectivity index (χ1n) is 6.65. The van der Waals surface area contributed by atoms with Crippen molar-refractivity contribution in [2.45, 2.75) is 12.6 Å². The molecule has 2 aromatic carbocycles. The van der Waals surface area contributed by atoms with Gasteiger partial charge < -0.3 is 19.9 Å². The molecule has 0 bridgehead atoms. The number of methoxy groups -OCH3 is 1. The van der Waals surface area contributed by atoms with Gasteiger partial charge in [-0.3, -0.25) is 0 Å². The summed E-state index contributed by atoms with van der Waals surface area (Å²) in [6, 6.07) is 11.6. The fourth-order valence-electron chi connectivity index (χ4n) is 2.27. The molecule has 1 unspecified atom stereocenters. The quantitative estimate of drug-likeness (QED) is 0.918. The van der Waals surface area contributed by atoms with E-state index in [-0.39, 0.29) is 6.04 Å². The molecule has 1 aliphatic heterocycles. The lowest BCUT2D eigenvalue weighted by molar-refractivity contribution is 0.300. The number of ether oxygens (including phenoxy) is 3. The maximum Gasteiger partial charge on any atom is 0.133 e. The molecule has 0 amide bonds. The smallest absolute Gasteiger partial charge is 0.133 e. The Morgan fingerprint density at radius 2 is 2.14 bits per heavy atom. The molecule has 0 saturated carbocycles. The van der Waals surface area contributed by atoms with Crippen LogP contribution >= 0.6 is 15.9 Å². The van der Waals surface area contributed by atoms with Crippen molar-refractivity contribution in [2.24, 2.45) is 5.73 Å². The van der Waals surface area contributed by atoms with Gasteiger partial charge in [-0.25, -0.2) is 0 Å². The molecule has 110 valence electrons. The predicted octanol–water partition coefficient (Wildman–Crippen LogP) is 3.43. The van der Waals surface area contributed by atoms with E-state index in [2.05, 4.69) is 15.9 Å². The zero-order chi connectivity index (χ0) is 14.8. The van der Waals surface area contributed by atoms with Gasteiger partial charge in [0.15, 0.2) is 0 Å². The van der Waals surface area contributed by atoms with Gasteiger partial charge in [0.05, 0.1) is 17.6 Å². The van der Waals surface area contributed by atoms with E-state index in [1.807, 2.05) is 36.4 Å². The number of nitrogens with two attached hydrogens (primary N) is 1. The van der Waals surface area contributed by atoms with Gasteiger partial charge in [-0.2, -0.15) is 0 Å². The van der Waals surface area contributed by atoms with Crippen LogP contribution in [-0.4, -0.2) is 13.7 Å². The van der Waals surface area contributed by atoms with E-state index in [9.17, 15) is 0 Å². The molecule has 5 heteroatoms. The van der Waals surface area contributed by atoms with Crippen molar-refractivity contribution in [3.63, 3.8) is 0 Å². The number of halogens is 1. The first-order valence-corrected chi connectivity index (χ1v) is 7.44. The minimum Gasteiger partial charge on any atom is -0.496 e. The maximum atomic E-state index is 5.92. The minimum absolute atomic E-state index is 0.0356. The second kappa shape index (κ2) is 5.95. The molecular formula is C16H16BrNO3. The van der Waals surface area contributed by atoms with Crippen LogP contribution in [0, 0.1) is 0 Å². The van der Waals surface area contributed by atoms with Gasteiger partial charge in [0, 0.05) is 11.6 Å². The number of hydrogen-bond acceptors (Lipinski definition) is 4. The van der Waals surface area contributed by atoms with Crippen LogP contribution < -0.4 is 19.9 Å². The molecule has 0 aliphatic carbocycles. The summed E-state index contributed by atoms with van der Waals surface area (Å²) in [6.07, 6.45) is 0. The van der Waals surface area contributed by atoms with E-state index in [1.54, 1.807) is 7.11 Å². The maximum absolute atomic E-state index is 5.92. The lowest BCUT2D eigenvalue weighted by Crippen LogP contribution is -2.10. The molecule has 2 aromatic rings. The lowest BCUT2D eigenvalue weighted by Gasteiger charge is -2.10. The number of fused-ring (bicyclic) bond motifs is 1. The van der Waals surface area contributed by atoms with Crippen molar-refractivity contribution >= 4 is 15.9 Å². The van der Waals surface area contributed by atoms with E-state index >= 15 is 0 Å². The Balaban J connectivity index is 1.69. The summed E-state index contributed by atoms with van der Waals surface area (Å²) in [4.78, 5) is 0. The minimum atomic E-state index is -0.0356. The number of benzene rings is 2. The third-order valence-electron chi connectivity index (χ3n) is 3.42. The average molecular weight is 350 g/mol. The fraction of sp³-hybridized carbons (Fsp3) is 0.250. The van der Waals surface area contributed by atoms with Gasteiger partial charge in [-0.05, 0) is 45.8 Å². The van der Waals surface area contributed by atoms with Crippen LogP contribution in [-0.2, 0) is 6.61 Å². The van der Waals surface area contributed by atoms with E-state index < -0.39 is 0 Å². The molecule has 21 heavy (non-hydrogen) atoms. The van der Waals surface area contributed by atoms with Crippen molar-refractivity contribution in [3.8, 4) is 17.2 Å². The SMILES string of the molecule is COc1ccc(COc2ccc3c(c2)OCC3N)cc1Br. The first kappa shape index (κ1) is 14.2. The summed E-state index contributed by atoms with van der Waals surface area (Å²) in [5.41, 5.74) is 8.02. The Morgan fingerprint density at radius 3 is 2.90 bits per heavy atom. The molecule has 1 aliphatic rings. The molecule has 4 nitrogen and oxygen atoms in total. The van der Waals surface area contributed by atoms with Crippen molar-refractivity contribution < 1.29 is 14.2 Å². The van der Waals surface area contributed by atoms with E-state index in [0.29, 0.717) is 13.2 Å². The second-order valence-corrected chi connectivity index (χ2v) is 5.73. The first-order chi connectivity index (χ1) is 10.2. The Kier molecular flexibility index (Phi) is 4.03. The van der Waals surface area contributed by atoms with E-state index in [4.69, 9.17) is 19.9 Å². The van der Waals surface area contributed by atoms with Crippen LogP contribution in [0.1, 0.15) is 17.2 Å². The topological polar surface area (TPSA) is 53.7 Å². The van der Waals surface area contributed by atoms with Gasteiger partial charge in [-0.1, -0.05) is 6.07 Å². The molecule has 0 spiro atoms. The Labute approximate surface area is 131 Å². The Morgan fingerprint density at radius 1 is 1.29 bits per heavy atom. The predicted molar refractivity (Wildman–Crippen MR) is 83.9 cm³/mol. The van der Waals surface area contributed by atoms with Gasteiger partial charge in [-0.15, -0.1) is 0 Å². The Hall–Kier alpha value is -1.72. The summed E-state index contributed by atoms with van der Waals surface area (Å²) in [6.45, 7) is 1.01. The lowest BCUT2D eigenvalue weighted by atomic mass is 10.1. The molecular weight excluding hydrogens is 334 g/mol. The van der Waals surface area contributed by atoms with Crippen LogP contribution in [0.2, 0.25) is 0 Å². The van der Waals surface area contributed by atoms with Crippen LogP contribution in [0.3, 0.4) is 0 Å². The van der Waals surface area contributed by atoms with Crippen molar-refractivity contribution in [3.05, 3.63) is 52.0 Å². The molecule has 0 radical (unpaired) electrons. The molecule has 2 N–H and O–H groups in total. The normalized spacial score (nSPS) is 16.2. The largest absolute Gasteiger partial charge is 0.496 e. The van der Waals surface area contributed by atoms with Gasteiger partial charge in [0.1, 0.15) is 30.5 Å². The van der Waals surface area contributed by atoms with Crippen LogP contribution in [0.4, 0.5) is 0 Å². The molecule has 0 aromatic heterocycles. The highest BCUT2D eigenvalue weighted by Gasteiger charge is 2.20. The zero-order valence-electron chi connectivity index (χ0n) is 11.6. The Bertz CT molecular complexity index is 660. The molecule has 0 fully saturated rings. The van der Waals surface area contributed by atoms with E-state index in [0.717, 1.165) is 32.8 Å². The molecule has 1 heterocycles. The molecule has 0 saturated heterocycles. The third kappa shape index (κ3) is 2.99. The van der Waals surface area contributed by atoms with Crippen molar-refractivity contribution in [1.82, 2.24) is 0 Å². The number of hydrogen-bond donors (Lipinski definition) is 1. The van der Waals surface area contributed by atoms with Crippen molar-refractivity contribution in [2.75, 3.05) is 13.7 Å². The summed E-state index contributed by atoms with van der Waals surface area (Å²) in [5, 5.41) is 0. The standard InChI is InChI=1S/C16H16BrNO3/c1-19-15-5-2-10(6-13(15)17)8-20-11-3-4-12-14(18)9-21-16(12)7-11/h2-7,14H,8-9,18H2,1H3. The van der Waals surface area contributed by atoms with Crippen molar-refractivity contribution in [1.29, 1.82) is 0 Å². The van der Waals surface area contributed by atoms with E-state index in [1.165, 1.54) is 0 Å². The highest BCUT2D eigenvalue weighted by Crippen LogP contribution is 2.34. The summed E-state index contributed by atoms with van der Waals surface area (Å²) >= 11 is 3.47. The van der Waals surface area contributed by atoms with Gasteiger partial charge in [0.25, 0.3) is 0 Å². The summed E-state index contributed by atoms with van der Waals surface area (Å²) in [7, 11) is 1.64. The van der Waals surface area contributed by atoms with Gasteiger partial charge >= 0.3 is 0 Å². The fourth-order valence-corrected chi connectivity index (χ4v) is 2.86. The van der Waals surface area contributed by atoms with Gasteiger partial charge in [0.2, 0.25) is 0 Å². The zero-order valence-corrected chi connectivity index (χ0v) is 13.2. The van der Waals surface area contributed by atoms with Crippen LogP contribution in [0.15, 0.2) is 40.9 Å². The third-order valence-corrected chi connectivity index (χ3v) is 4.04. The molecule has 3 rings (SSSR count). The van der Waals surface area contributed by atoms with Crippen LogP contribution in [0.5, 0.6) is 17.2 Å². The second-order valence-electron chi connectivity index (χ2n) is 4.87. The monoisotopic (exact) mass is 349 g/mol. The molecule has 1 atom stereocenters. The average Bonchev–Trinajstić information content (AvgIpc) is 2.86. The highest BCUT2D eigenvalue weighted by atomic mass is 79.9. The van der Waals surface area contributed by atoms with Crippen LogP contribution in [0.25, 0.3) is 0 Å².